The zero-order chi connectivity index (χ0) is 7.56. The van der Waals surface area contributed by atoms with Gasteiger partial charge in [0.2, 0.25) is 0 Å². The predicted octanol–water partition coefficient (Wildman–Crippen LogP) is 2.64. The maximum atomic E-state index is 3.60. The summed E-state index contributed by atoms with van der Waals surface area (Å²) in [4.78, 5) is 0. The van der Waals surface area contributed by atoms with Crippen molar-refractivity contribution in [2.24, 2.45) is 0 Å². The third kappa shape index (κ3) is 1.27. The minimum absolute atomic E-state index is 1.10. The number of aryl methyl sites for hydroxylation is 2. The summed E-state index contributed by atoms with van der Waals surface area (Å²) < 4.78 is 0. The molecule has 0 unspecified atom stereocenters. The predicted molar refractivity (Wildman–Crippen MR) is 43.9 cm³/mol. The van der Waals surface area contributed by atoms with Gasteiger partial charge in [0.05, 0.1) is 0 Å². The molecule has 0 aromatic heterocycles. The second kappa shape index (κ2) is 2.70. The smallest absolute Gasteiger partial charge is 0.0154 e. The molecule has 0 saturated carbocycles. The summed E-state index contributed by atoms with van der Waals surface area (Å²) in [6, 6.07) is 6.24. The summed E-state index contributed by atoms with van der Waals surface area (Å²) in [5, 5.41) is 0. The van der Waals surface area contributed by atoms with Crippen LogP contribution in [0.3, 0.4) is 0 Å². The van der Waals surface area contributed by atoms with E-state index in [-0.39, 0.29) is 0 Å². The molecule has 1 aromatic carbocycles. The molecule has 51 valence electrons. The number of rotatable bonds is 1. The Kier molecular flexibility index (Phi) is 1.91. The van der Waals surface area contributed by atoms with E-state index in [4.69, 9.17) is 0 Å². The molecular weight excluding hydrogens is 120 g/mol. The second-order valence-corrected chi connectivity index (χ2v) is 2.50. The van der Waals surface area contributed by atoms with Gasteiger partial charge in [-0.1, -0.05) is 30.3 Å². The van der Waals surface area contributed by atoms with Crippen molar-refractivity contribution < 1.29 is 0 Å². The molecule has 0 fully saturated rings. The molecule has 1 radical (unpaired) electrons. The van der Waals surface area contributed by atoms with Gasteiger partial charge in [0.25, 0.3) is 0 Å². The minimum Gasteiger partial charge on any atom is -0.0905 e. The van der Waals surface area contributed by atoms with Crippen LogP contribution in [-0.4, -0.2) is 0 Å². The first-order chi connectivity index (χ1) is 4.74. The molecule has 0 amide bonds. The summed E-state index contributed by atoms with van der Waals surface area (Å²) in [5.74, 6) is 0. The lowest BCUT2D eigenvalue weighted by molar-refractivity contribution is 1.34. The van der Waals surface area contributed by atoms with Crippen LogP contribution in [0, 0.1) is 19.9 Å². The minimum atomic E-state index is 1.10. The van der Waals surface area contributed by atoms with Crippen LogP contribution in [0.2, 0.25) is 0 Å². The molecule has 1 rings (SSSR count). The van der Waals surface area contributed by atoms with Crippen molar-refractivity contribution in [1.82, 2.24) is 0 Å². The van der Waals surface area contributed by atoms with E-state index in [1.54, 1.807) is 0 Å². The second-order valence-electron chi connectivity index (χ2n) is 2.50. The third-order valence-electron chi connectivity index (χ3n) is 1.57. The van der Waals surface area contributed by atoms with E-state index in [0.717, 1.165) is 5.56 Å². The molecule has 0 bridgehead atoms. The Labute approximate surface area is 62.2 Å². The van der Waals surface area contributed by atoms with E-state index in [1.807, 2.05) is 6.07 Å². The largest absolute Gasteiger partial charge is 0.0905 e. The van der Waals surface area contributed by atoms with Crippen molar-refractivity contribution in [3.8, 4) is 0 Å². The molecule has 0 saturated heterocycles. The monoisotopic (exact) mass is 131 g/mol. The summed E-state index contributed by atoms with van der Waals surface area (Å²) in [7, 11) is 0. The standard InChI is InChI=1S/C10H11/c1-4-10-6-5-8(2)7-9(10)3/h5-7H,1H2,2-3H3. The fraction of sp³-hybridized carbons (Fsp3) is 0.200. The highest BCUT2D eigenvalue weighted by Gasteiger charge is 1.91. The Morgan fingerprint density at radius 3 is 2.50 bits per heavy atom. The van der Waals surface area contributed by atoms with E-state index >= 15 is 0 Å². The zero-order valence-electron chi connectivity index (χ0n) is 6.44. The van der Waals surface area contributed by atoms with Crippen LogP contribution in [0.25, 0.3) is 0 Å². The van der Waals surface area contributed by atoms with Gasteiger partial charge in [-0.15, -0.1) is 0 Å². The van der Waals surface area contributed by atoms with Gasteiger partial charge in [0.1, 0.15) is 0 Å². The number of benzene rings is 1. The van der Waals surface area contributed by atoms with Crippen molar-refractivity contribution in [2.45, 2.75) is 13.8 Å². The van der Waals surface area contributed by atoms with Crippen molar-refractivity contribution in [3.05, 3.63) is 47.5 Å². The molecule has 0 heteroatoms. The SMILES string of the molecule is C=[C]c1ccc(C)cc1C. The van der Waals surface area contributed by atoms with Crippen molar-refractivity contribution in [3.63, 3.8) is 0 Å². The first-order valence-electron chi connectivity index (χ1n) is 3.34. The fourth-order valence-corrected chi connectivity index (χ4v) is 1.01. The normalized spacial score (nSPS) is 9.40. The topological polar surface area (TPSA) is 0 Å². The van der Waals surface area contributed by atoms with Crippen LogP contribution < -0.4 is 0 Å². The Balaban J connectivity index is 3.19. The highest BCUT2D eigenvalue weighted by atomic mass is 14.0. The van der Waals surface area contributed by atoms with Crippen LogP contribution in [0.15, 0.2) is 24.8 Å². The van der Waals surface area contributed by atoms with E-state index < -0.39 is 0 Å². The molecule has 0 atom stereocenters. The lowest BCUT2D eigenvalue weighted by Crippen LogP contribution is -1.81. The maximum Gasteiger partial charge on any atom is -0.0154 e. The molecular formula is C10H11. The van der Waals surface area contributed by atoms with E-state index in [2.05, 4.69) is 38.6 Å². The van der Waals surface area contributed by atoms with Crippen molar-refractivity contribution in [2.75, 3.05) is 0 Å². The Bertz CT molecular complexity index is 246. The van der Waals surface area contributed by atoms with Gasteiger partial charge >= 0.3 is 0 Å². The highest BCUT2D eigenvalue weighted by Crippen LogP contribution is 2.09. The van der Waals surface area contributed by atoms with Gasteiger partial charge in [-0.25, -0.2) is 0 Å². The van der Waals surface area contributed by atoms with E-state index in [1.165, 1.54) is 11.1 Å². The van der Waals surface area contributed by atoms with Crippen LogP contribution in [0.5, 0.6) is 0 Å². The quantitative estimate of drug-likeness (QED) is 0.549. The van der Waals surface area contributed by atoms with Crippen molar-refractivity contribution in [1.29, 1.82) is 0 Å². The van der Waals surface area contributed by atoms with Gasteiger partial charge in [-0.3, -0.25) is 0 Å². The average Bonchev–Trinajstić information content (AvgIpc) is 1.88. The Hall–Kier alpha value is -1.04. The maximum absolute atomic E-state index is 3.60. The first-order valence-corrected chi connectivity index (χ1v) is 3.34. The molecule has 0 aliphatic carbocycles. The fourth-order valence-electron chi connectivity index (χ4n) is 1.01. The van der Waals surface area contributed by atoms with Gasteiger partial charge < -0.3 is 0 Å². The van der Waals surface area contributed by atoms with Gasteiger partial charge in [0.15, 0.2) is 0 Å². The summed E-state index contributed by atoms with van der Waals surface area (Å²) in [5.41, 5.74) is 3.64. The summed E-state index contributed by atoms with van der Waals surface area (Å²) in [6.07, 6.45) is 2.87. The van der Waals surface area contributed by atoms with Gasteiger partial charge in [-0.05, 0) is 31.1 Å². The number of hydrogen-bond acceptors (Lipinski definition) is 0. The molecule has 0 nitrogen and oxygen atoms in total. The van der Waals surface area contributed by atoms with E-state index in [9.17, 15) is 0 Å². The molecule has 0 aliphatic rings. The van der Waals surface area contributed by atoms with Crippen molar-refractivity contribution >= 4 is 0 Å². The van der Waals surface area contributed by atoms with Crippen LogP contribution in [-0.2, 0) is 0 Å². The molecule has 0 N–H and O–H groups in total. The molecule has 1 aromatic rings. The summed E-state index contributed by atoms with van der Waals surface area (Å²) >= 11 is 0. The van der Waals surface area contributed by atoms with Crippen LogP contribution in [0.1, 0.15) is 16.7 Å². The average molecular weight is 131 g/mol. The lowest BCUT2D eigenvalue weighted by Gasteiger charge is -1.99. The third-order valence-corrected chi connectivity index (χ3v) is 1.57. The van der Waals surface area contributed by atoms with Gasteiger partial charge in [0, 0.05) is 0 Å². The van der Waals surface area contributed by atoms with Crippen LogP contribution >= 0.6 is 0 Å². The number of hydrogen-bond donors (Lipinski definition) is 0. The van der Waals surface area contributed by atoms with E-state index in [0.29, 0.717) is 0 Å². The Morgan fingerprint density at radius 2 is 2.00 bits per heavy atom. The summed E-state index contributed by atoms with van der Waals surface area (Å²) in [6.45, 7) is 7.75. The lowest BCUT2D eigenvalue weighted by atomic mass is 10.1. The first kappa shape index (κ1) is 7.07. The van der Waals surface area contributed by atoms with Crippen LogP contribution in [0.4, 0.5) is 0 Å². The highest BCUT2D eigenvalue weighted by molar-refractivity contribution is 5.33. The molecule has 10 heavy (non-hydrogen) atoms. The zero-order valence-corrected chi connectivity index (χ0v) is 6.44. The Morgan fingerprint density at radius 1 is 1.30 bits per heavy atom. The molecule has 0 spiro atoms. The van der Waals surface area contributed by atoms with Gasteiger partial charge in [-0.2, -0.15) is 0 Å². The molecule has 0 aliphatic heterocycles. The molecule has 0 heterocycles.